The summed E-state index contributed by atoms with van der Waals surface area (Å²) in [6.45, 7) is 0. The maximum absolute atomic E-state index is 12.2. The molecule has 0 bridgehead atoms. The molecule has 1 aliphatic rings. The second-order valence-corrected chi connectivity index (χ2v) is 6.66. The predicted octanol–water partition coefficient (Wildman–Crippen LogP) is 2.28. The first kappa shape index (κ1) is 16.3. The number of fused-ring (bicyclic) bond motifs is 1. The fourth-order valence-corrected chi connectivity index (χ4v) is 3.71. The molecule has 2 aromatic rings. The van der Waals surface area contributed by atoms with Crippen LogP contribution in [0.15, 0.2) is 30.7 Å². The van der Waals surface area contributed by atoms with E-state index in [9.17, 15) is 9.59 Å². The van der Waals surface area contributed by atoms with Gasteiger partial charge in [-0.05, 0) is 43.4 Å². The summed E-state index contributed by atoms with van der Waals surface area (Å²) >= 11 is 1.52. The lowest BCUT2D eigenvalue weighted by atomic mass is 10.1. The van der Waals surface area contributed by atoms with Crippen LogP contribution in [0.3, 0.4) is 0 Å². The maximum atomic E-state index is 12.2. The molecule has 124 valence electrons. The number of hydrazine groups is 1. The molecule has 2 heterocycles. The molecule has 2 N–H and O–H groups in total. The van der Waals surface area contributed by atoms with Crippen molar-refractivity contribution in [3.05, 3.63) is 51.7 Å². The summed E-state index contributed by atoms with van der Waals surface area (Å²) in [6.07, 6.45) is 13.1. The van der Waals surface area contributed by atoms with E-state index in [1.807, 2.05) is 6.07 Å². The quantitative estimate of drug-likeness (QED) is 0.509. The zero-order valence-corrected chi connectivity index (χ0v) is 13.9. The molecule has 0 spiro atoms. The van der Waals surface area contributed by atoms with Crippen molar-refractivity contribution in [3.63, 3.8) is 0 Å². The van der Waals surface area contributed by atoms with Gasteiger partial charge in [0.25, 0.3) is 11.8 Å². The Bertz CT molecular complexity index is 732. The van der Waals surface area contributed by atoms with Crippen LogP contribution < -0.4 is 10.9 Å². The number of hydrogen-bond acceptors (Lipinski definition) is 5. The molecule has 0 saturated heterocycles. The number of nitrogens with zero attached hydrogens (tertiary/aromatic N) is 2. The normalized spacial score (nSPS) is 14.0. The van der Waals surface area contributed by atoms with Crippen molar-refractivity contribution in [3.8, 4) is 0 Å². The summed E-state index contributed by atoms with van der Waals surface area (Å²) in [6, 6.07) is 1.95. The Morgan fingerprint density at radius 2 is 2.00 bits per heavy atom. The van der Waals surface area contributed by atoms with Crippen molar-refractivity contribution < 1.29 is 9.59 Å². The molecule has 0 atom stereocenters. The Hall–Kier alpha value is -2.54. The molecule has 0 fully saturated rings. The van der Waals surface area contributed by atoms with Crippen molar-refractivity contribution in [2.24, 2.45) is 0 Å². The predicted molar refractivity (Wildman–Crippen MR) is 92.3 cm³/mol. The van der Waals surface area contributed by atoms with E-state index in [-0.39, 0.29) is 5.91 Å². The maximum Gasteiger partial charge on any atom is 0.279 e. The van der Waals surface area contributed by atoms with Crippen LogP contribution in [0.4, 0.5) is 0 Å². The molecule has 2 amide bonds. The van der Waals surface area contributed by atoms with Crippen LogP contribution in [-0.4, -0.2) is 21.8 Å². The minimum Gasteiger partial charge on any atom is -0.268 e. The monoisotopic (exact) mass is 342 g/mol. The number of thiophene rings is 1. The number of aryl methyl sites for hydroxylation is 2. The summed E-state index contributed by atoms with van der Waals surface area (Å²) in [7, 11) is 0. The van der Waals surface area contributed by atoms with Crippen molar-refractivity contribution >= 4 is 29.2 Å². The van der Waals surface area contributed by atoms with E-state index >= 15 is 0 Å². The van der Waals surface area contributed by atoms with Gasteiger partial charge in [-0.15, -0.1) is 11.3 Å². The molecule has 0 aliphatic heterocycles. The average Bonchev–Trinajstić information content (AvgIpc) is 2.89. The Balaban J connectivity index is 1.54. The third-order valence-corrected chi connectivity index (χ3v) is 4.99. The van der Waals surface area contributed by atoms with E-state index in [4.69, 9.17) is 0 Å². The van der Waals surface area contributed by atoms with Gasteiger partial charge in [0.2, 0.25) is 0 Å². The summed E-state index contributed by atoms with van der Waals surface area (Å²) < 4.78 is 0. The van der Waals surface area contributed by atoms with Gasteiger partial charge in [-0.25, -0.2) is 0 Å². The number of rotatable bonds is 3. The van der Waals surface area contributed by atoms with E-state index < -0.39 is 5.91 Å². The summed E-state index contributed by atoms with van der Waals surface area (Å²) in [5, 5.41) is 0. The van der Waals surface area contributed by atoms with Gasteiger partial charge >= 0.3 is 0 Å². The highest BCUT2D eigenvalue weighted by Crippen LogP contribution is 2.28. The van der Waals surface area contributed by atoms with Gasteiger partial charge in [0.1, 0.15) is 0 Å². The lowest BCUT2D eigenvalue weighted by Gasteiger charge is -2.03. The SMILES string of the molecule is O=C(C=Cc1cnccn1)NNC(=O)c1cc2c(s1)CCCCC2. The van der Waals surface area contributed by atoms with Crippen LogP contribution in [0.25, 0.3) is 6.08 Å². The highest BCUT2D eigenvalue weighted by molar-refractivity contribution is 7.14. The average molecular weight is 342 g/mol. The highest BCUT2D eigenvalue weighted by atomic mass is 32.1. The van der Waals surface area contributed by atoms with Crippen molar-refractivity contribution in [1.29, 1.82) is 0 Å². The van der Waals surface area contributed by atoms with E-state index in [1.54, 1.807) is 18.6 Å². The molecule has 7 heteroatoms. The smallest absolute Gasteiger partial charge is 0.268 e. The van der Waals surface area contributed by atoms with Crippen molar-refractivity contribution in [2.45, 2.75) is 32.1 Å². The van der Waals surface area contributed by atoms with Crippen molar-refractivity contribution in [2.75, 3.05) is 0 Å². The summed E-state index contributed by atoms with van der Waals surface area (Å²) in [4.78, 5) is 33.8. The number of amides is 2. The van der Waals surface area contributed by atoms with E-state index in [0.717, 1.165) is 12.8 Å². The van der Waals surface area contributed by atoms with E-state index in [0.29, 0.717) is 10.6 Å². The standard InChI is InChI=1S/C17H18N4O2S/c22-16(7-6-13-11-18-8-9-19-13)20-21-17(23)15-10-12-4-2-1-3-5-14(12)24-15/h6-11H,1-5H2,(H,20,22)(H,21,23). The Morgan fingerprint density at radius 3 is 2.83 bits per heavy atom. The van der Waals surface area contributed by atoms with Crippen LogP contribution in [-0.2, 0) is 17.6 Å². The van der Waals surface area contributed by atoms with Gasteiger partial charge in [0, 0.05) is 23.3 Å². The number of carbonyl (C=O) groups is 2. The van der Waals surface area contributed by atoms with Crippen LogP contribution in [0.1, 0.15) is 45.1 Å². The zero-order chi connectivity index (χ0) is 16.8. The lowest BCUT2D eigenvalue weighted by molar-refractivity contribution is -0.117. The third kappa shape index (κ3) is 4.26. The summed E-state index contributed by atoms with van der Waals surface area (Å²) in [5.41, 5.74) is 6.67. The second-order valence-electron chi connectivity index (χ2n) is 5.53. The fraction of sp³-hybridized carbons (Fsp3) is 0.294. The van der Waals surface area contributed by atoms with Gasteiger partial charge in [-0.3, -0.25) is 30.4 Å². The Labute approximate surface area is 144 Å². The van der Waals surface area contributed by atoms with Crippen LogP contribution in [0.2, 0.25) is 0 Å². The third-order valence-electron chi connectivity index (χ3n) is 3.76. The lowest BCUT2D eigenvalue weighted by Crippen LogP contribution is -2.40. The first-order valence-electron chi connectivity index (χ1n) is 7.88. The van der Waals surface area contributed by atoms with Crippen molar-refractivity contribution in [1.82, 2.24) is 20.8 Å². The van der Waals surface area contributed by atoms with Crippen LogP contribution in [0, 0.1) is 0 Å². The highest BCUT2D eigenvalue weighted by Gasteiger charge is 2.16. The summed E-state index contributed by atoms with van der Waals surface area (Å²) in [5.74, 6) is -0.707. The van der Waals surface area contributed by atoms with Gasteiger partial charge in [0.15, 0.2) is 0 Å². The number of carbonyl (C=O) groups excluding carboxylic acids is 2. The molecule has 1 aliphatic carbocycles. The molecule has 2 aromatic heterocycles. The van der Waals surface area contributed by atoms with E-state index in [1.165, 1.54) is 53.2 Å². The number of aromatic nitrogens is 2. The Morgan fingerprint density at radius 1 is 1.12 bits per heavy atom. The molecule has 0 saturated carbocycles. The minimum absolute atomic E-state index is 0.283. The molecule has 6 nitrogen and oxygen atoms in total. The van der Waals surface area contributed by atoms with Gasteiger partial charge in [0.05, 0.1) is 16.8 Å². The molecule has 0 aromatic carbocycles. The fourth-order valence-electron chi connectivity index (χ4n) is 2.56. The number of hydrogen-bond donors (Lipinski definition) is 2. The van der Waals surface area contributed by atoms with Gasteiger partial charge < -0.3 is 0 Å². The van der Waals surface area contributed by atoms with Gasteiger partial charge in [-0.1, -0.05) is 6.42 Å². The molecule has 0 unspecified atom stereocenters. The molecule has 0 radical (unpaired) electrons. The molecule has 3 rings (SSSR count). The zero-order valence-electron chi connectivity index (χ0n) is 13.1. The topological polar surface area (TPSA) is 84.0 Å². The minimum atomic E-state index is -0.424. The number of nitrogens with one attached hydrogen (secondary N) is 2. The molecule has 24 heavy (non-hydrogen) atoms. The Kier molecular flexibility index (Phi) is 5.32. The van der Waals surface area contributed by atoms with E-state index in [2.05, 4.69) is 20.8 Å². The largest absolute Gasteiger partial charge is 0.279 e. The second kappa shape index (κ2) is 7.83. The molecular weight excluding hydrogens is 324 g/mol. The van der Waals surface area contributed by atoms with Crippen LogP contribution in [0.5, 0.6) is 0 Å². The first-order chi connectivity index (χ1) is 11.7. The van der Waals surface area contributed by atoms with Gasteiger partial charge in [-0.2, -0.15) is 0 Å². The van der Waals surface area contributed by atoms with Crippen LogP contribution >= 0.6 is 11.3 Å². The molecular formula is C17H18N4O2S. The first-order valence-corrected chi connectivity index (χ1v) is 8.70.